The van der Waals surface area contributed by atoms with Crippen molar-refractivity contribution in [3.8, 4) is 0 Å². The molecule has 0 aliphatic heterocycles. The Bertz CT molecular complexity index is 524. The Morgan fingerprint density at radius 1 is 1.22 bits per heavy atom. The van der Waals surface area contributed by atoms with Gasteiger partial charge < -0.3 is 10.3 Å². The van der Waals surface area contributed by atoms with Crippen molar-refractivity contribution in [3.05, 3.63) is 24.0 Å². The van der Waals surface area contributed by atoms with Crippen LogP contribution in [0.25, 0.3) is 11.0 Å². The monoisotopic (exact) mass is 245 g/mol. The number of aryl methyl sites for hydroxylation is 1. The molecule has 1 aromatic heterocycles. The van der Waals surface area contributed by atoms with E-state index in [1.54, 1.807) is 0 Å². The van der Waals surface area contributed by atoms with Gasteiger partial charge in [0, 0.05) is 18.7 Å². The lowest BCUT2D eigenvalue weighted by Gasteiger charge is -2.15. The zero-order valence-corrected chi connectivity index (χ0v) is 11.6. The Labute approximate surface area is 109 Å². The van der Waals surface area contributed by atoms with Gasteiger partial charge >= 0.3 is 0 Å². The van der Waals surface area contributed by atoms with E-state index in [-0.39, 0.29) is 0 Å². The largest absolute Gasteiger partial charge is 0.399 e. The van der Waals surface area contributed by atoms with Gasteiger partial charge in [-0.3, -0.25) is 0 Å². The molecule has 0 saturated heterocycles. The van der Waals surface area contributed by atoms with Crippen molar-refractivity contribution in [3.63, 3.8) is 0 Å². The van der Waals surface area contributed by atoms with E-state index in [0.717, 1.165) is 30.1 Å². The number of hydrogen-bond acceptors (Lipinski definition) is 2. The Hall–Kier alpha value is -1.51. The molecular formula is C15H23N3. The molecule has 1 heterocycles. The lowest BCUT2D eigenvalue weighted by molar-refractivity contribution is 0.417. The van der Waals surface area contributed by atoms with Gasteiger partial charge in [0.1, 0.15) is 5.82 Å². The zero-order valence-electron chi connectivity index (χ0n) is 11.6. The van der Waals surface area contributed by atoms with Crippen molar-refractivity contribution in [2.24, 2.45) is 5.92 Å². The molecule has 0 spiro atoms. The quantitative estimate of drug-likeness (QED) is 0.818. The average Bonchev–Trinajstić information content (AvgIpc) is 2.72. The highest BCUT2D eigenvalue weighted by molar-refractivity contribution is 5.79. The maximum absolute atomic E-state index is 5.83. The molecule has 2 aromatic rings. The van der Waals surface area contributed by atoms with Crippen LogP contribution in [0.4, 0.5) is 5.69 Å². The highest BCUT2D eigenvalue weighted by atomic mass is 15.1. The molecule has 0 aliphatic rings. The Morgan fingerprint density at radius 3 is 2.56 bits per heavy atom. The Morgan fingerprint density at radius 2 is 1.94 bits per heavy atom. The average molecular weight is 245 g/mol. The molecule has 3 nitrogen and oxygen atoms in total. The molecule has 3 heteroatoms. The maximum atomic E-state index is 5.83. The van der Waals surface area contributed by atoms with Crippen LogP contribution >= 0.6 is 0 Å². The smallest absolute Gasteiger partial charge is 0.109 e. The van der Waals surface area contributed by atoms with Crippen molar-refractivity contribution in [2.75, 3.05) is 5.73 Å². The van der Waals surface area contributed by atoms with E-state index in [1.165, 1.54) is 24.2 Å². The van der Waals surface area contributed by atoms with E-state index in [0.29, 0.717) is 0 Å². The summed E-state index contributed by atoms with van der Waals surface area (Å²) in [6, 6.07) is 6.03. The number of rotatable bonds is 5. The molecule has 18 heavy (non-hydrogen) atoms. The van der Waals surface area contributed by atoms with Gasteiger partial charge in [0.2, 0.25) is 0 Å². The second-order valence-electron chi connectivity index (χ2n) is 4.92. The van der Waals surface area contributed by atoms with E-state index in [9.17, 15) is 0 Å². The summed E-state index contributed by atoms with van der Waals surface area (Å²) in [6.45, 7) is 7.75. The standard InChI is InChI=1S/C15H23N3/c1-4-11(5-2)10-18-14-8-7-12(16)9-13(14)17-15(18)6-3/h7-9,11H,4-6,10,16H2,1-3H3. The molecule has 0 radical (unpaired) electrons. The van der Waals surface area contributed by atoms with Crippen LogP contribution in [0, 0.1) is 5.92 Å². The van der Waals surface area contributed by atoms with Crippen molar-refractivity contribution in [1.82, 2.24) is 9.55 Å². The van der Waals surface area contributed by atoms with Crippen LogP contribution in [-0.4, -0.2) is 9.55 Å². The number of nitrogens with zero attached hydrogens (tertiary/aromatic N) is 2. The van der Waals surface area contributed by atoms with Crippen molar-refractivity contribution < 1.29 is 0 Å². The third kappa shape index (κ3) is 2.35. The van der Waals surface area contributed by atoms with Crippen LogP contribution in [0.5, 0.6) is 0 Å². The zero-order chi connectivity index (χ0) is 13.1. The van der Waals surface area contributed by atoms with Crippen LogP contribution in [0.3, 0.4) is 0 Å². The van der Waals surface area contributed by atoms with Crippen LogP contribution in [-0.2, 0) is 13.0 Å². The number of aromatic nitrogens is 2. The minimum atomic E-state index is 0.727. The normalized spacial score (nSPS) is 11.6. The molecule has 0 atom stereocenters. The second kappa shape index (κ2) is 5.42. The second-order valence-corrected chi connectivity index (χ2v) is 4.92. The number of hydrogen-bond donors (Lipinski definition) is 1. The van der Waals surface area contributed by atoms with Crippen molar-refractivity contribution >= 4 is 16.7 Å². The lowest BCUT2D eigenvalue weighted by atomic mass is 10.0. The summed E-state index contributed by atoms with van der Waals surface area (Å²) < 4.78 is 2.37. The minimum Gasteiger partial charge on any atom is -0.399 e. The summed E-state index contributed by atoms with van der Waals surface area (Å²) in [4.78, 5) is 4.70. The van der Waals surface area contributed by atoms with E-state index >= 15 is 0 Å². The van der Waals surface area contributed by atoms with Gasteiger partial charge in [0.05, 0.1) is 11.0 Å². The van der Waals surface area contributed by atoms with Crippen molar-refractivity contribution in [1.29, 1.82) is 0 Å². The molecule has 1 aromatic carbocycles. The fraction of sp³-hybridized carbons (Fsp3) is 0.533. The van der Waals surface area contributed by atoms with Gasteiger partial charge in [-0.05, 0) is 24.1 Å². The molecule has 0 aliphatic carbocycles. The fourth-order valence-corrected chi connectivity index (χ4v) is 2.48. The van der Waals surface area contributed by atoms with Crippen molar-refractivity contribution in [2.45, 2.75) is 46.6 Å². The van der Waals surface area contributed by atoms with Gasteiger partial charge in [0.15, 0.2) is 0 Å². The summed E-state index contributed by atoms with van der Waals surface area (Å²) in [7, 11) is 0. The first-order chi connectivity index (χ1) is 8.69. The maximum Gasteiger partial charge on any atom is 0.109 e. The molecule has 2 rings (SSSR count). The first-order valence-corrected chi connectivity index (χ1v) is 6.94. The number of nitrogens with two attached hydrogens (primary N) is 1. The van der Waals surface area contributed by atoms with Crippen LogP contribution < -0.4 is 5.73 Å². The summed E-state index contributed by atoms with van der Waals surface area (Å²) in [5.41, 5.74) is 8.86. The number of anilines is 1. The van der Waals surface area contributed by atoms with E-state index in [2.05, 4.69) is 31.4 Å². The van der Waals surface area contributed by atoms with Gasteiger partial charge in [0.25, 0.3) is 0 Å². The van der Waals surface area contributed by atoms with Gasteiger partial charge in [-0.1, -0.05) is 33.6 Å². The first-order valence-electron chi connectivity index (χ1n) is 6.94. The van der Waals surface area contributed by atoms with E-state index < -0.39 is 0 Å². The molecule has 0 fully saturated rings. The van der Waals surface area contributed by atoms with E-state index in [4.69, 9.17) is 10.7 Å². The summed E-state index contributed by atoms with van der Waals surface area (Å²) in [5.74, 6) is 1.90. The summed E-state index contributed by atoms with van der Waals surface area (Å²) in [6.07, 6.45) is 3.40. The SMILES string of the molecule is CCc1nc2cc(N)ccc2n1CC(CC)CC. The third-order valence-electron chi connectivity index (χ3n) is 3.76. The highest BCUT2D eigenvalue weighted by Gasteiger charge is 2.12. The first kappa shape index (κ1) is 12.9. The molecule has 98 valence electrons. The summed E-state index contributed by atoms with van der Waals surface area (Å²) in [5, 5.41) is 0. The molecular weight excluding hydrogens is 222 g/mol. The molecule has 2 N–H and O–H groups in total. The minimum absolute atomic E-state index is 0.727. The molecule has 0 amide bonds. The Kier molecular flexibility index (Phi) is 3.90. The molecule has 0 bridgehead atoms. The fourth-order valence-electron chi connectivity index (χ4n) is 2.48. The Balaban J connectivity index is 2.46. The molecule has 0 unspecified atom stereocenters. The van der Waals surface area contributed by atoms with Crippen LogP contribution in [0.2, 0.25) is 0 Å². The van der Waals surface area contributed by atoms with Gasteiger partial charge in [-0.15, -0.1) is 0 Å². The number of fused-ring (bicyclic) bond motifs is 1. The van der Waals surface area contributed by atoms with Crippen LogP contribution in [0.15, 0.2) is 18.2 Å². The predicted octanol–water partition coefficient (Wildman–Crippen LogP) is 3.62. The topological polar surface area (TPSA) is 43.8 Å². The lowest BCUT2D eigenvalue weighted by Crippen LogP contribution is -2.11. The van der Waals surface area contributed by atoms with E-state index in [1.807, 2.05) is 12.1 Å². The van der Waals surface area contributed by atoms with Gasteiger partial charge in [-0.25, -0.2) is 4.98 Å². The molecule has 0 saturated carbocycles. The third-order valence-corrected chi connectivity index (χ3v) is 3.76. The van der Waals surface area contributed by atoms with Crippen LogP contribution in [0.1, 0.15) is 39.4 Å². The highest BCUT2D eigenvalue weighted by Crippen LogP contribution is 2.22. The number of benzene rings is 1. The number of nitrogen functional groups attached to an aromatic ring is 1. The predicted molar refractivity (Wildman–Crippen MR) is 77.6 cm³/mol. The summed E-state index contributed by atoms with van der Waals surface area (Å²) >= 11 is 0. The van der Waals surface area contributed by atoms with Gasteiger partial charge in [-0.2, -0.15) is 0 Å². The number of imidazole rings is 1.